The molecule has 0 saturated carbocycles. The molecule has 2 heterocycles. The van der Waals surface area contributed by atoms with Crippen LogP contribution in [0.25, 0.3) is 0 Å². The van der Waals surface area contributed by atoms with Crippen LogP contribution in [0.1, 0.15) is 11.1 Å². The number of aryl methyl sites for hydroxylation is 1. The fraction of sp³-hybridized carbons (Fsp3) is 0.250. The minimum atomic E-state index is 0.414. The molecule has 0 spiro atoms. The Balaban J connectivity index is 2.20. The van der Waals surface area contributed by atoms with Crippen molar-refractivity contribution in [3.63, 3.8) is 0 Å². The number of pyridine rings is 1. The van der Waals surface area contributed by atoms with Crippen molar-refractivity contribution in [2.45, 2.75) is 13.5 Å². The number of nitrogens with two attached hydrogens (primary N) is 1. The number of nitrogens with zero attached hydrogens (tertiary/aromatic N) is 4. The first-order valence-corrected chi connectivity index (χ1v) is 5.61. The minimum absolute atomic E-state index is 0.414. The van der Waals surface area contributed by atoms with Gasteiger partial charge in [-0.25, -0.2) is 10.8 Å². The molecule has 0 saturated heterocycles. The fourth-order valence-electron chi connectivity index (χ4n) is 1.73. The number of nitrogens with one attached hydrogen (secondary N) is 1. The van der Waals surface area contributed by atoms with Crippen molar-refractivity contribution in [1.82, 2.24) is 15.0 Å². The van der Waals surface area contributed by atoms with E-state index in [4.69, 9.17) is 5.84 Å². The first-order chi connectivity index (χ1) is 8.70. The quantitative estimate of drug-likeness (QED) is 0.619. The Morgan fingerprint density at radius 3 is 2.72 bits per heavy atom. The summed E-state index contributed by atoms with van der Waals surface area (Å²) >= 11 is 0. The third-order valence-corrected chi connectivity index (χ3v) is 2.60. The lowest BCUT2D eigenvalue weighted by Crippen LogP contribution is -2.20. The summed E-state index contributed by atoms with van der Waals surface area (Å²) in [5.41, 5.74) is 4.63. The van der Waals surface area contributed by atoms with E-state index in [2.05, 4.69) is 20.4 Å². The molecule has 2 rings (SSSR count). The van der Waals surface area contributed by atoms with E-state index in [0.29, 0.717) is 5.95 Å². The van der Waals surface area contributed by atoms with Crippen LogP contribution in [0.5, 0.6) is 0 Å². The van der Waals surface area contributed by atoms with Crippen LogP contribution >= 0.6 is 0 Å². The highest BCUT2D eigenvalue weighted by molar-refractivity contribution is 5.48. The average Bonchev–Trinajstić information content (AvgIpc) is 2.40. The summed E-state index contributed by atoms with van der Waals surface area (Å²) in [7, 11) is 1.98. The maximum Gasteiger partial charge on any atom is 0.239 e. The number of rotatable bonds is 4. The smallest absolute Gasteiger partial charge is 0.239 e. The van der Waals surface area contributed by atoms with Crippen LogP contribution in [0.3, 0.4) is 0 Å². The van der Waals surface area contributed by atoms with Gasteiger partial charge in [-0.3, -0.25) is 10.4 Å². The maximum absolute atomic E-state index is 5.32. The SMILES string of the molecule is Cc1cnc(NN)nc1N(C)Cc1ccncc1. The van der Waals surface area contributed by atoms with Crippen LogP contribution in [-0.2, 0) is 6.54 Å². The van der Waals surface area contributed by atoms with Crippen molar-refractivity contribution >= 4 is 11.8 Å². The van der Waals surface area contributed by atoms with Crippen molar-refractivity contribution < 1.29 is 0 Å². The van der Waals surface area contributed by atoms with Gasteiger partial charge in [0.1, 0.15) is 5.82 Å². The molecule has 0 aliphatic heterocycles. The van der Waals surface area contributed by atoms with Crippen LogP contribution in [-0.4, -0.2) is 22.0 Å². The first kappa shape index (κ1) is 12.3. The third-order valence-electron chi connectivity index (χ3n) is 2.60. The summed E-state index contributed by atoms with van der Waals surface area (Å²) in [6.07, 6.45) is 5.31. The largest absolute Gasteiger partial charge is 0.355 e. The van der Waals surface area contributed by atoms with Gasteiger partial charge in [0.15, 0.2) is 0 Å². The molecule has 0 amide bonds. The molecule has 0 aliphatic rings. The Hall–Kier alpha value is -2.21. The summed E-state index contributed by atoms with van der Waals surface area (Å²) in [4.78, 5) is 14.5. The molecule has 2 aromatic heterocycles. The van der Waals surface area contributed by atoms with Crippen LogP contribution in [0.15, 0.2) is 30.7 Å². The maximum atomic E-state index is 5.32. The zero-order chi connectivity index (χ0) is 13.0. The molecule has 6 nitrogen and oxygen atoms in total. The third kappa shape index (κ3) is 2.72. The number of hydrazine groups is 1. The van der Waals surface area contributed by atoms with Crippen LogP contribution in [0.2, 0.25) is 0 Å². The van der Waals surface area contributed by atoms with Gasteiger partial charge in [-0.15, -0.1) is 0 Å². The van der Waals surface area contributed by atoms with Gasteiger partial charge in [0.2, 0.25) is 5.95 Å². The van der Waals surface area contributed by atoms with E-state index in [0.717, 1.165) is 17.9 Å². The lowest BCUT2D eigenvalue weighted by Gasteiger charge is -2.20. The van der Waals surface area contributed by atoms with Crippen LogP contribution in [0.4, 0.5) is 11.8 Å². The molecule has 0 unspecified atom stereocenters. The molecular formula is C12H16N6. The lowest BCUT2D eigenvalue weighted by molar-refractivity contribution is 0.880. The molecule has 0 aliphatic carbocycles. The second kappa shape index (κ2) is 5.42. The number of anilines is 2. The number of aromatic nitrogens is 3. The first-order valence-electron chi connectivity index (χ1n) is 5.61. The van der Waals surface area contributed by atoms with Crippen molar-refractivity contribution in [2.24, 2.45) is 5.84 Å². The molecule has 6 heteroatoms. The highest BCUT2D eigenvalue weighted by Crippen LogP contribution is 2.18. The van der Waals surface area contributed by atoms with E-state index in [1.54, 1.807) is 18.6 Å². The fourth-order valence-corrected chi connectivity index (χ4v) is 1.73. The summed E-state index contributed by atoms with van der Waals surface area (Å²) in [5.74, 6) is 6.59. The topological polar surface area (TPSA) is 80.0 Å². The predicted octanol–water partition coefficient (Wildman–Crippen LogP) is 1.10. The Kier molecular flexibility index (Phi) is 3.69. The highest BCUT2D eigenvalue weighted by atomic mass is 15.3. The van der Waals surface area contributed by atoms with E-state index in [1.165, 1.54) is 5.56 Å². The van der Waals surface area contributed by atoms with Gasteiger partial charge in [-0.1, -0.05) is 0 Å². The van der Waals surface area contributed by atoms with Gasteiger partial charge < -0.3 is 4.90 Å². The normalized spacial score (nSPS) is 10.2. The molecule has 0 radical (unpaired) electrons. The summed E-state index contributed by atoms with van der Waals surface area (Å²) in [6, 6.07) is 3.96. The van der Waals surface area contributed by atoms with Gasteiger partial charge in [0, 0.05) is 37.7 Å². The van der Waals surface area contributed by atoms with E-state index in [9.17, 15) is 0 Å². The summed E-state index contributed by atoms with van der Waals surface area (Å²) in [6.45, 7) is 2.73. The zero-order valence-electron chi connectivity index (χ0n) is 10.5. The molecule has 0 aromatic carbocycles. The number of hydrogen-bond donors (Lipinski definition) is 2. The van der Waals surface area contributed by atoms with E-state index in [1.807, 2.05) is 31.0 Å². The lowest BCUT2D eigenvalue weighted by atomic mass is 10.2. The molecule has 0 atom stereocenters. The van der Waals surface area contributed by atoms with E-state index in [-0.39, 0.29) is 0 Å². The van der Waals surface area contributed by atoms with Gasteiger partial charge in [0.05, 0.1) is 0 Å². The Morgan fingerprint density at radius 2 is 2.06 bits per heavy atom. The molecule has 3 N–H and O–H groups in total. The van der Waals surface area contributed by atoms with Crippen molar-refractivity contribution in [3.8, 4) is 0 Å². The zero-order valence-corrected chi connectivity index (χ0v) is 10.5. The Labute approximate surface area is 106 Å². The molecule has 0 fully saturated rings. The number of nitrogen functional groups attached to an aromatic ring is 1. The summed E-state index contributed by atoms with van der Waals surface area (Å²) < 4.78 is 0. The minimum Gasteiger partial charge on any atom is -0.355 e. The highest BCUT2D eigenvalue weighted by Gasteiger charge is 2.08. The Bertz CT molecular complexity index is 513. The second-order valence-corrected chi connectivity index (χ2v) is 4.06. The molecule has 0 bridgehead atoms. The van der Waals surface area contributed by atoms with Gasteiger partial charge in [-0.05, 0) is 24.6 Å². The second-order valence-electron chi connectivity index (χ2n) is 4.06. The molecular weight excluding hydrogens is 228 g/mol. The summed E-state index contributed by atoms with van der Waals surface area (Å²) in [5, 5.41) is 0. The van der Waals surface area contributed by atoms with E-state index < -0.39 is 0 Å². The Morgan fingerprint density at radius 1 is 1.33 bits per heavy atom. The van der Waals surface area contributed by atoms with Crippen molar-refractivity contribution in [2.75, 3.05) is 17.4 Å². The van der Waals surface area contributed by atoms with Gasteiger partial charge in [-0.2, -0.15) is 4.98 Å². The molecule has 2 aromatic rings. The van der Waals surface area contributed by atoms with Crippen molar-refractivity contribution in [1.29, 1.82) is 0 Å². The van der Waals surface area contributed by atoms with Crippen molar-refractivity contribution in [3.05, 3.63) is 41.9 Å². The monoisotopic (exact) mass is 244 g/mol. The van der Waals surface area contributed by atoms with Crippen LogP contribution in [0, 0.1) is 6.92 Å². The predicted molar refractivity (Wildman–Crippen MR) is 70.9 cm³/mol. The van der Waals surface area contributed by atoms with Gasteiger partial charge in [0.25, 0.3) is 0 Å². The van der Waals surface area contributed by atoms with E-state index >= 15 is 0 Å². The molecule has 18 heavy (non-hydrogen) atoms. The number of hydrogen-bond acceptors (Lipinski definition) is 6. The molecule has 94 valence electrons. The van der Waals surface area contributed by atoms with Gasteiger partial charge >= 0.3 is 0 Å². The standard InChI is InChI=1S/C12H16N6/c1-9-7-15-12(17-13)16-11(9)18(2)8-10-3-5-14-6-4-10/h3-7H,8,13H2,1-2H3,(H,15,16,17). The van der Waals surface area contributed by atoms with Crippen LogP contribution < -0.4 is 16.2 Å². The average molecular weight is 244 g/mol.